The molecule has 0 bridgehead atoms. The van der Waals surface area contributed by atoms with Gasteiger partial charge in [-0.15, -0.1) is 0 Å². The molecule has 2 aliphatic carbocycles. The summed E-state index contributed by atoms with van der Waals surface area (Å²) in [6.07, 6.45) is 7.55. The number of halogens is 2. The Labute approximate surface area is 203 Å². The van der Waals surface area contributed by atoms with Crippen molar-refractivity contribution >= 4 is 5.43 Å². The SMILES string of the molecule is CC1=CC(C)[C]([Zr]([O]c2ccc(F)cc2)([O]c2ccc(F)cc2)([C]2=C(C)C=C(C)C2)=[Si](C)C)=C1. The fourth-order valence-corrected chi connectivity index (χ4v) is 35.6. The fourth-order valence-electron chi connectivity index (χ4n) is 5.58. The molecule has 0 heterocycles. The Bertz CT molecular complexity index is 1270. The van der Waals surface area contributed by atoms with E-state index >= 15 is 0 Å². The van der Waals surface area contributed by atoms with E-state index in [-0.39, 0.29) is 17.6 Å². The first-order valence-corrected chi connectivity index (χ1v) is 22.3. The fraction of sp³-hybridized carbons (Fsp3) is 0.286. The Kier molecular flexibility index (Phi) is 6.78. The summed E-state index contributed by atoms with van der Waals surface area (Å²) in [7, 11) is 0. The van der Waals surface area contributed by atoms with Crippen LogP contribution in [0.3, 0.4) is 0 Å². The van der Waals surface area contributed by atoms with Gasteiger partial charge in [0.15, 0.2) is 0 Å². The van der Waals surface area contributed by atoms with Crippen LogP contribution in [0.15, 0.2) is 90.0 Å². The van der Waals surface area contributed by atoms with Crippen LogP contribution in [0, 0.1) is 17.6 Å². The average molecular weight is 558 g/mol. The van der Waals surface area contributed by atoms with E-state index in [1.807, 2.05) is 0 Å². The van der Waals surface area contributed by atoms with Gasteiger partial charge >= 0.3 is 204 Å². The van der Waals surface area contributed by atoms with E-state index in [0.717, 1.165) is 6.42 Å². The van der Waals surface area contributed by atoms with Gasteiger partial charge in [-0.1, -0.05) is 0 Å². The molecule has 34 heavy (non-hydrogen) atoms. The van der Waals surface area contributed by atoms with Gasteiger partial charge in [0.1, 0.15) is 0 Å². The van der Waals surface area contributed by atoms with Gasteiger partial charge in [0, 0.05) is 0 Å². The monoisotopic (exact) mass is 556 g/mol. The van der Waals surface area contributed by atoms with Gasteiger partial charge in [0.2, 0.25) is 0 Å². The summed E-state index contributed by atoms with van der Waals surface area (Å²) in [5, 5.41) is 0. The molecule has 2 aromatic carbocycles. The van der Waals surface area contributed by atoms with Crippen LogP contribution in [0.25, 0.3) is 0 Å². The summed E-state index contributed by atoms with van der Waals surface area (Å²) in [4.78, 5) is 0. The number of rotatable bonds is 6. The zero-order valence-corrected chi connectivity index (χ0v) is 24.2. The maximum absolute atomic E-state index is 13.9. The van der Waals surface area contributed by atoms with Crippen LogP contribution < -0.4 is 5.63 Å². The van der Waals surface area contributed by atoms with E-state index in [4.69, 9.17) is 5.63 Å². The van der Waals surface area contributed by atoms with Gasteiger partial charge in [-0.05, 0) is 0 Å². The molecule has 0 radical (unpaired) electrons. The van der Waals surface area contributed by atoms with Gasteiger partial charge in [0.25, 0.3) is 0 Å². The zero-order chi connectivity index (χ0) is 24.7. The van der Waals surface area contributed by atoms with Crippen LogP contribution in [0.2, 0.25) is 13.1 Å². The summed E-state index contributed by atoms with van der Waals surface area (Å²) in [5.74, 6) is 0.762. The Morgan fingerprint density at radius 1 is 0.824 bits per heavy atom. The van der Waals surface area contributed by atoms with Crippen LogP contribution in [0.4, 0.5) is 8.78 Å². The molecule has 0 saturated heterocycles. The minimum atomic E-state index is -5.11. The van der Waals surface area contributed by atoms with Crippen LogP contribution in [-0.2, 0) is 18.3 Å². The van der Waals surface area contributed by atoms with E-state index < -0.39 is 23.7 Å². The molecule has 2 aromatic rings. The van der Waals surface area contributed by atoms with Gasteiger partial charge in [-0.25, -0.2) is 0 Å². The van der Waals surface area contributed by atoms with Crippen LogP contribution in [-0.4, -0.2) is 5.43 Å². The van der Waals surface area contributed by atoms with Crippen molar-refractivity contribution < 1.29 is 32.7 Å². The quantitative estimate of drug-likeness (QED) is 0.333. The van der Waals surface area contributed by atoms with Crippen molar-refractivity contribution in [3.8, 4) is 11.5 Å². The van der Waals surface area contributed by atoms with E-state index in [2.05, 4.69) is 59.0 Å². The molecule has 1 unspecified atom stereocenters. The molecular weight excluding hydrogens is 526 g/mol. The third-order valence-electron chi connectivity index (χ3n) is 7.01. The average Bonchev–Trinajstić information content (AvgIpc) is 3.31. The molecule has 0 aromatic heterocycles. The normalized spacial score (nSPS) is 18.5. The number of hydrogen-bond acceptors (Lipinski definition) is 2. The Morgan fingerprint density at radius 2 is 1.32 bits per heavy atom. The molecule has 2 aliphatic rings. The van der Waals surface area contributed by atoms with Crippen molar-refractivity contribution in [2.75, 3.05) is 0 Å². The first kappa shape index (κ1) is 25.1. The van der Waals surface area contributed by atoms with Crippen molar-refractivity contribution in [3.05, 3.63) is 102 Å². The molecule has 2 nitrogen and oxygen atoms in total. The van der Waals surface area contributed by atoms with E-state index in [1.54, 1.807) is 24.3 Å². The number of hydrogen-bond donors (Lipinski definition) is 0. The molecule has 0 amide bonds. The second-order valence-corrected chi connectivity index (χ2v) is 33.7. The van der Waals surface area contributed by atoms with Gasteiger partial charge < -0.3 is 0 Å². The van der Waals surface area contributed by atoms with E-state index in [1.165, 1.54) is 47.5 Å². The summed E-state index contributed by atoms with van der Waals surface area (Å²) >= 11 is -5.11. The number of allylic oxidation sites excluding steroid dienone is 8. The molecule has 0 N–H and O–H groups in total. The predicted molar refractivity (Wildman–Crippen MR) is 134 cm³/mol. The summed E-state index contributed by atoms with van der Waals surface area (Å²) in [6.45, 7) is 13.2. The van der Waals surface area contributed by atoms with Gasteiger partial charge in [-0.2, -0.15) is 0 Å². The second kappa shape index (κ2) is 9.20. The predicted octanol–water partition coefficient (Wildman–Crippen LogP) is 8.30. The molecule has 1 atom stereocenters. The van der Waals surface area contributed by atoms with Crippen LogP contribution in [0.5, 0.6) is 11.5 Å². The van der Waals surface area contributed by atoms with Crippen molar-refractivity contribution in [1.82, 2.24) is 0 Å². The Morgan fingerprint density at radius 3 is 1.68 bits per heavy atom. The third kappa shape index (κ3) is 4.13. The van der Waals surface area contributed by atoms with Crippen molar-refractivity contribution in [1.29, 1.82) is 0 Å². The van der Waals surface area contributed by atoms with Crippen molar-refractivity contribution in [2.45, 2.75) is 47.2 Å². The molecule has 178 valence electrons. The molecule has 0 saturated carbocycles. The van der Waals surface area contributed by atoms with Gasteiger partial charge in [0.05, 0.1) is 0 Å². The standard InChI is InChI=1S/2C7H9.2C6H5FO.C2H6Si.Zr/c2*1-6-3-4-7(2)5-6;2*7-5-1-3-6(8)4-2-5;1-3-2;/h5H,3H2,1-2H3;3,5,7H,1-2H3;2*1-4,8H;1-2H3;/q;;;;;+2/p-2. The molecule has 6 heteroatoms. The molecular formula is C28H32F2O2SiZr. The van der Waals surface area contributed by atoms with E-state index in [0.29, 0.717) is 11.5 Å². The van der Waals surface area contributed by atoms with Crippen molar-refractivity contribution in [3.63, 3.8) is 0 Å². The molecule has 4 rings (SSSR count). The summed E-state index contributed by atoms with van der Waals surface area (Å²) in [5.41, 5.74) is 2.36. The second-order valence-electron chi connectivity index (χ2n) is 9.81. The van der Waals surface area contributed by atoms with Gasteiger partial charge in [-0.3, -0.25) is 0 Å². The first-order valence-electron chi connectivity index (χ1n) is 11.7. The number of benzene rings is 2. The maximum atomic E-state index is 13.9. The van der Waals surface area contributed by atoms with E-state index in [9.17, 15) is 8.78 Å². The molecule has 0 fully saturated rings. The minimum absolute atomic E-state index is 0.146. The molecule has 0 aliphatic heterocycles. The summed E-state index contributed by atoms with van der Waals surface area (Å²) in [6, 6.07) is 12.5. The Balaban J connectivity index is 2.12. The first-order chi connectivity index (χ1) is 16.0. The molecule has 0 spiro atoms. The summed E-state index contributed by atoms with van der Waals surface area (Å²) < 4.78 is 44.8. The Hall–Kier alpha value is -2.04. The topological polar surface area (TPSA) is 18.5 Å². The van der Waals surface area contributed by atoms with Crippen molar-refractivity contribution in [2.24, 2.45) is 5.92 Å². The van der Waals surface area contributed by atoms with Crippen LogP contribution in [0.1, 0.15) is 34.1 Å². The van der Waals surface area contributed by atoms with Crippen LogP contribution >= 0.6 is 0 Å². The third-order valence-corrected chi connectivity index (χ3v) is 38.2. The zero-order valence-electron chi connectivity index (χ0n) is 20.7.